The van der Waals surface area contributed by atoms with Crippen LogP contribution in [0, 0.1) is 5.82 Å². The van der Waals surface area contributed by atoms with Crippen LogP contribution in [-0.2, 0) is 4.79 Å². The number of amides is 1. The van der Waals surface area contributed by atoms with Crippen LogP contribution in [0.2, 0.25) is 0 Å². The van der Waals surface area contributed by atoms with E-state index in [9.17, 15) is 9.18 Å². The van der Waals surface area contributed by atoms with E-state index in [2.05, 4.69) is 5.32 Å². The monoisotopic (exact) mass is 363 g/mol. The summed E-state index contributed by atoms with van der Waals surface area (Å²) in [6, 6.07) is 12.0. The minimum atomic E-state index is -0.440. The number of ether oxygens (including phenoxy) is 2. The topological polar surface area (TPSA) is 47.6 Å². The fourth-order valence-corrected chi connectivity index (χ4v) is 2.98. The van der Waals surface area contributed by atoms with E-state index in [1.807, 2.05) is 38.1 Å². The van der Waals surface area contributed by atoms with E-state index in [1.54, 1.807) is 12.1 Å². The molecule has 0 saturated heterocycles. The van der Waals surface area contributed by atoms with E-state index in [0.29, 0.717) is 12.2 Å². The van der Waals surface area contributed by atoms with Crippen LogP contribution in [0.25, 0.3) is 0 Å². The van der Waals surface area contributed by atoms with Crippen molar-refractivity contribution in [2.75, 3.05) is 19.5 Å². The molecule has 0 aliphatic rings. The van der Waals surface area contributed by atoms with Gasteiger partial charge < -0.3 is 14.8 Å². The van der Waals surface area contributed by atoms with Crippen LogP contribution in [0.1, 0.15) is 25.5 Å². The molecule has 1 atom stereocenters. The zero-order chi connectivity index (χ0) is 18.2. The predicted octanol–water partition coefficient (Wildman–Crippen LogP) is 4.20. The van der Waals surface area contributed by atoms with E-state index in [-0.39, 0.29) is 23.5 Å². The second-order valence-electron chi connectivity index (χ2n) is 5.38. The summed E-state index contributed by atoms with van der Waals surface area (Å²) in [4.78, 5) is 13.1. The van der Waals surface area contributed by atoms with Crippen LogP contribution >= 0.6 is 11.8 Å². The van der Waals surface area contributed by atoms with Gasteiger partial charge in [0.25, 0.3) is 0 Å². The Morgan fingerprint density at radius 1 is 1.24 bits per heavy atom. The average Bonchev–Trinajstić information content (AvgIpc) is 2.61. The summed E-state index contributed by atoms with van der Waals surface area (Å²) in [7, 11) is 1.42. The summed E-state index contributed by atoms with van der Waals surface area (Å²) in [5.41, 5.74) is 0.692. The second kappa shape index (κ2) is 9.32. The quantitative estimate of drug-likeness (QED) is 0.714. The van der Waals surface area contributed by atoms with Crippen molar-refractivity contribution < 1.29 is 18.7 Å². The minimum absolute atomic E-state index is 0.109. The highest BCUT2D eigenvalue weighted by atomic mass is 32.2. The SMILES string of the molecule is CCOc1ccc(SCC(=O)N[C@H](C)c2ccc(OC)c(F)c2)cc1. The summed E-state index contributed by atoms with van der Waals surface area (Å²) in [5, 5.41) is 2.87. The van der Waals surface area contributed by atoms with Gasteiger partial charge in [-0.1, -0.05) is 6.07 Å². The van der Waals surface area contributed by atoms with Crippen molar-refractivity contribution in [2.24, 2.45) is 0 Å². The van der Waals surface area contributed by atoms with Gasteiger partial charge in [0.2, 0.25) is 5.91 Å². The first-order valence-corrected chi connectivity index (χ1v) is 9.00. The molecule has 0 aliphatic carbocycles. The third kappa shape index (κ3) is 5.67. The Bertz CT molecular complexity index is 706. The molecule has 0 aliphatic heterocycles. The average molecular weight is 363 g/mol. The maximum Gasteiger partial charge on any atom is 0.230 e. The van der Waals surface area contributed by atoms with Gasteiger partial charge in [0.15, 0.2) is 11.6 Å². The lowest BCUT2D eigenvalue weighted by Gasteiger charge is -2.15. The van der Waals surface area contributed by atoms with Crippen LogP contribution in [0.15, 0.2) is 47.4 Å². The molecule has 0 radical (unpaired) electrons. The fourth-order valence-electron chi connectivity index (χ4n) is 2.27. The second-order valence-corrected chi connectivity index (χ2v) is 6.43. The lowest BCUT2D eigenvalue weighted by molar-refractivity contribution is -0.119. The molecule has 2 aromatic rings. The van der Waals surface area contributed by atoms with Gasteiger partial charge in [-0.25, -0.2) is 4.39 Å². The maximum absolute atomic E-state index is 13.8. The summed E-state index contributed by atoms with van der Waals surface area (Å²) >= 11 is 1.44. The number of hydrogen-bond donors (Lipinski definition) is 1. The van der Waals surface area contributed by atoms with Crippen LogP contribution in [0.5, 0.6) is 11.5 Å². The van der Waals surface area contributed by atoms with E-state index in [1.165, 1.54) is 24.9 Å². The smallest absolute Gasteiger partial charge is 0.230 e. The normalized spacial score (nSPS) is 11.7. The molecule has 0 fully saturated rings. The fraction of sp³-hybridized carbons (Fsp3) is 0.316. The Hall–Kier alpha value is -2.21. The molecule has 0 aromatic heterocycles. The zero-order valence-corrected chi connectivity index (χ0v) is 15.4. The summed E-state index contributed by atoms with van der Waals surface area (Å²) < 4.78 is 24.0. The molecule has 1 N–H and O–H groups in total. The van der Waals surface area contributed by atoms with Crippen molar-refractivity contribution in [3.63, 3.8) is 0 Å². The number of hydrogen-bond acceptors (Lipinski definition) is 4. The van der Waals surface area contributed by atoms with Gasteiger partial charge in [0, 0.05) is 4.90 Å². The molecule has 0 saturated carbocycles. The number of rotatable bonds is 8. The molecular weight excluding hydrogens is 341 g/mol. The molecule has 4 nitrogen and oxygen atoms in total. The van der Waals surface area contributed by atoms with Crippen molar-refractivity contribution in [2.45, 2.75) is 24.8 Å². The maximum atomic E-state index is 13.8. The zero-order valence-electron chi connectivity index (χ0n) is 14.5. The van der Waals surface area contributed by atoms with Crippen LogP contribution in [-0.4, -0.2) is 25.4 Å². The minimum Gasteiger partial charge on any atom is -0.494 e. The lowest BCUT2D eigenvalue weighted by atomic mass is 10.1. The number of halogens is 1. The molecule has 0 bridgehead atoms. The third-order valence-electron chi connectivity index (χ3n) is 3.56. The van der Waals surface area contributed by atoms with E-state index in [0.717, 1.165) is 10.6 Å². The van der Waals surface area contributed by atoms with Crippen molar-refractivity contribution in [3.05, 3.63) is 53.8 Å². The van der Waals surface area contributed by atoms with Gasteiger partial charge in [0.05, 0.1) is 25.5 Å². The molecule has 0 heterocycles. The van der Waals surface area contributed by atoms with Crippen LogP contribution in [0.3, 0.4) is 0 Å². The number of thioether (sulfide) groups is 1. The molecule has 2 rings (SSSR count). The molecule has 6 heteroatoms. The summed E-state index contributed by atoms with van der Waals surface area (Å²) in [6.07, 6.45) is 0. The Balaban J connectivity index is 1.85. The van der Waals surface area contributed by atoms with Crippen LogP contribution in [0.4, 0.5) is 4.39 Å². The van der Waals surface area contributed by atoms with E-state index < -0.39 is 5.82 Å². The highest BCUT2D eigenvalue weighted by Crippen LogP contribution is 2.23. The molecule has 0 spiro atoms. The third-order valence-corrected chi connectivity index (χ3v) is 4.57. The lowest BCUT2D eigenvalue weighted by Crippen LogP contribution is -2.28. The Kier molecular flexibility index (Phi) is 7.13. The van der Waals surface area contributed by atoms with Gasteiger partial charge in [-0.2, -0.15) is 0 Å². The predicted molar refractivity (Wildman–Crippen MR) is 97.8 cm³/mol. The summed E-state index contributed by atoms with van der Waals surface area (Å²) in [5.74, 6) is 0.740. The number of carbonyl (C=O) groups excluding carboxylic acids is 1. The van der Waals surface area contributed by atoms with Gasteiger partial charge >= 0.3 is 0 Å². The highest BCUT2D eigenvalue weighted by molar-refractivity contribution is 8.00. The first kappa shape index (κ1) is 19.1. The molecule has 1 amide bonds. The molecule has 25 heavy (non-hydrogen) atoms. The number of methoxy groups -OCH3 is 1. The number of carbonyl (C=O) groups is 1. The molecular formula is C19H22FNO3S. The number of nitrogens with one attached hydrogen (secondary N) is 1. The van der Waals surface area contributed by atoms with Crippen molar-refractivity contribution >= 4 is 17.7 Å². The van der Waals surface area contributed by atoms with E-state index in [4.69, 9.17) is 9.47 Å². The van der Waals surface area contributed by atoms with E-state index >= 15 is 0 Å². The number of benzene rings is 2. The first-order valence-electron chi connectivity index (χ1n) is 8.02. The van der Waals surface area contributed by atoms with Crippen molar-refractivity contribution in [1.82, 2.24) is 5.32 Å². The van der Waals surface area contributed by atoms with Crippen LogP contribution < -0.4 is 14.8 Å². The van der Waals surface area contributed by atoms with Crippen molar-refractivity contribution in [3.8, 4) is 11.5 Å². The van der Waals surface area contributed by atoms with Gasteiger partial charge in [-0.15, -0.1) is 11.8 Å². The summed E-state index contributed by atoms with van der Waals surface area (Å²) in [6.45, 7) is 4.38. The van der Waals surface area contributed by atoms with Gasteiger partial charge in [-0.05, 0) is 55.8 Å². The van der Waals surface area contributed by atoms with Crippen molar-refractivity contribution in [1.29, 1.82) is 0 Å². The first-order chi connectivity index (χ1) is 12.0. The largest absolute Gasteiger partial charge is 0.494 e. The molecule has 0 unspecified atom stereocenters. The van der Waals surface area contributed by atoms with Gasteiger partial charge in [-0.3, -0.25) is 4.79 Å². The Morgan fingerprint density at radius 3 is 2.56 bits per heavy atom. The standard InChI is InChI=1S/C19H22FNO3S/c1-4-24-15-6-8-16(9-7-15)25-12-19(22)21-13(2)14-5-10-18(23-3)17(20)11-14/h5-11,13H,4,12H2,1-3H3,(H,21,22)/t13-/m1/s1. The van der Waals surface area contributed by atoms with Gasteiger partial charge in [0.1, 0.15) is 5.75 Å². The Labute approximate surface area is 151 Å². The molecule has 2 aromatic carbocycles. The highest BCUT2D eigenvalue weighted by Gasteiger charge is 2.12. The molecule has 134 valence electrons. The Morgan fingerprint density at radius 2 is 1.96 bits per heavy atom.